The smallest absolute Gasteiger partial charge is 0.394 e. The number of hydrogen-bond acceptors (Lipinski definition) is 6. The zero-order chi connectivity index (χ0) is 16.9. The molecule has 1 aromatic heterocycles. The van der Waals surface area contributed by atoms with E-state index in [2.05, 4.69) is 12.2 Å². The lowest BCUT2D eigenvalue weighted by Gasteiger charge is -2.33. The highest BCUT2D eigenvalue weighted by Crippen LogP contribution is 2.47. The molecular formula is C10H10F4N2O5S. The van der Waals surface area contributed by atoms with E-state index in [1.165, 1.54) is 0 Å². The number of alkyl halides is 3. The Labute approximate surface area is 124 Å². The first kappa shape index (κ1) is 17.0. The van der Waals surface area contributed by atoms with Crippen molar-refractivity contribution < 1.29 is 37.6 Å². The SMILES string of the molecule is O=c1[nH]c(=S)c(F)cn1[C@@H]1O[C@H](CO)[C@H](O)C1(O)C(F)(F)F. The third kappa shape index (κ3) is 2.36. The van der Waals surface area contributed by atoms with E-state index < -0.39 is 53.0 Å². The summed E-state index contributed by atoms with van der Waals surface area (Å²) in [4.78, 5) is 13.4. The number of hydrogen-bond donors (Lipinski definition) is 4. The Balaban J connectivity index is 2.65. The van der Waals surface area contributed by atoms with Crippen molar-refractivity contribution in [3.63, 3.8) is 0 Å². The van der Waals surface area contributed by atoms with Crippen LogP contribution in [0.15, 0.2) is 11.0 Å². The number of nitrogens with zero attached hydrogens (tertiary/aromatic N) is 1. The van der Waals surface area contributed by atoms with Gasteiger partial charge < -0.3 is 20.1 Å². The molecule has 1 unspecified atom stereocenters. The van der Waals surface area contributed by atoms with Crippen molar-refractivity contribution >= 4 is 12.2 Å². The molecule has 4 atom stereocenters. The Hall–Kier alpha value is -1.34. The van der Waals surface area contributed by atoms with E-state index in [-0.39, 0.29) is 4.57 Å². The van der Waals surface area contributed by atoms with Gasteiger partial charge >= 0.3 is 11.9 Å². The number of ether oxygens (including phenoxy) is 1. The van der Waals surface area contributed by atoms with E-state index in [1.807, 2.05) is 0 Å². The third-order valence-electron chi connectivity index (χ3n) is 3.29. The summed E-state index contributed by atoms with van der Waals surface area (Å²) in [5.41, 5.74) is -5.21. The first-order chi connectivity index (χ1) is 10.0. The monoisotopic (exact) mass is 346 g/mol. The number of aliphatic hydroxyl groups excluding tert-OH is 2. The van der Waals surface area contributed by atoms with E-state index in [9.17, 15) is 32.6 Å². The van der Waals surface area contributed by atoms with E-state index in [1.54, 1.807) is 4.98 Å². The van der Waals surface area contributed by atoms with Gasteiger partial charge in [0.05, 0.1) is 12.8 Å². The van der Waals surface area contributed by atoms with Crippen molar-refractivity contribution in [2.45, 2.75) is 30.2 Å². The first-order valence-electron chi connectivity index (χ1n) is 5.78. The summed E-state index contributed by atoms with van der Waals surface area (Å²) in [5, 5.41) is 28.4. The Morgan fingerprint density at radius 2 is 2.09 bits per heavy atom. The maximum atomic E-state index is 13.4. The van der Waals surface area contributed by atoms with Crippen LogP contribution >= 0.6 is 12.2 Å². The van der Waals surface area contributed by atoms with Gasteiger partial charge in [0.1, 0.15) is 16.8 Å². The Morgan fingerprint density at radius 3 is 2.59 bits per heavy atom. The number of aromatic nitrogens is 2. The van der Waals surface area contributed by atoms with E-state index in [0.29, 0.717) is 6.20 Å². The average molecular weight is 346 g/mol. The van der Waals surface area contributed by atoms with Crippen molar-refractivity contribution in [2.24, 2.45) is 0 Å². The topological polar surface area (TPSA) is 108 Å². The summed E-state index contributed by atoms with van der Waals surface area (Å²) in [6, 6.07) is 0. The predicted molar refractivity (Wildman–Crippen MR) is 63.9 cm³/mol. The lowest BCUT2D eigenvalue weighted by atomic mass is 9.93. The Bertz CT molecular complexity index is 689. The Morgan fingerprint density at radius 1 is 1.50 bits per heavy atom. The highest BCUT2D eigenvalue weighted by atomic mass is 32.1. The van der Waals surface area contributed by atoms with Crippen LogP contribution in [0.5, 0.6) is 0 Å². The van der Waals surface area contributed by atoms with Crippen molar-refractivity contribution in [3.8, 4) is 0 Å². The number of halogens is 4. The molecule has 12 heteroatoms. The molecule has 7 nitrogen and oxygen atoms in total. The van der Waals surface area contributed by atoms with Crippen LogP contribution in [0, 0.1) is 10.5 Å². The van der Waals surface area contributed by atoms with Crippen molar-refractivity contribution in [1.82, 2.24) is 9.55 Å². The minimum atomic E-state index is -5.43. The molecule has 0 saturated carbocycles. The van der Waals surface area contributed by atoms with Crippen LogP contribution in [-0.4, -0.2) is 55.5 Å². The van der Waals surface area contributed by atoms with Gasteiger partial charge in [0.2, 0.25) is 5.60 Å². The van der Waals surface area contributed by atoms with Gasteiger partial charge in [0.15, 0.2) is 12.0 Å². The minimum Gasteiger partial charge on any atom is -0.394 e. The maximum Gasteiger partial charge on any atom is 0.424 e. The van der Waals surface area contributed by atoms with E-state index in [0.717, 1.165) is 0 Å². The minimum absolute atomic E-state index is 0.0809. The number of aromatic amines is 1. The summed E-state index contributed by atoms with van der Waals surface area (Å²) in [6.07, 6.45) is -12.0. The zero-order valence-electron chi connectivity index (χ0n) is 10.5. The van der Waals surface area contributed by atoms with Crippen molar-refractivity contribution in [3.05, 3.63) is 27.1 Å². The number of H-pyrrole nitrogens is 1. The molecule has 4 N–H and O–H groups in total. The van der Waals surface area contributed by atoms with E-state index >= 15 is 0 Å². The van der Waals surface area contributed by atoms with Gasteiger partial charge in [0, 0.05) is 0 Å². The second kappa shape index (κ2) is 5.38. The molecule has 0 aromatic carbocycles. The fraction of sp³-hybridized carbons (Fsp3) is 0.600. The van der Waals surface area contributed by atoms with Crippen LogP contribution in [-0.2, 0) is 4.74 Å². The van der Waals surface area contributed by atoms with Crippen LogP contribution in [0.25, 0.3) is 0 Å². The fourth-order valence-corrected chi connectivity index (χ4v) is 2.28. The second-order valence-electron chi connectivity index (χ2n) is 4.62. The van der Waals surface area contributed by atoms with E-state index in [4.69, 9.17) is 9.84 Å². The zero-order valence-corrected chi connectivity index (χ0v) is 11.4. The summed E-state index contributed by atoms with van der Waals surface area (Å²) in [6.45, 7) is -1.06. The first-order valence-corrected chi connectivity index (χ1v) is 6.19. The molecule has 2 heterocycles. The van der Waals surface area contributed by atoms with Gasteiger partial charge in [0.25, 0.3) is 0 Å². The summed E-state index contributed by atoms with van der Waals surface area (Å²) < 4.78 is 57.0. The van der Waals surface area contributed by atoms with Crippen molar-refractivity contribution in [1.29, 1.82) is 0 Å². The average Bonchev–Trinajstić information content (AvgIpc) is 2.67. The highest BCUT2D eigenvalue weighted by Gasteiger charge is 2.70. The molecule has 0 amide bonds. The predicted octanol–water partition coefficient (Wildman–Crippen LogP) is -0.411. The van der Waals surface area contributed by atoms with Gasteiger partial charge in [-0.2, -0.15) is 13.2 Å². The van der Waals surface area contributed by atoms with Crippen LogP contribution in [0.2, 0.25) is 0 Å². The quantitative estimate of drug-likeness (QED) is 0.428. The fourth-order valence-electron chi connectivity index (χ4n) is 2.14. The summed E-state index contributed by atoms with van der Waals surface area (Å²) >= 11 is 4.42. The number of rotatable bonds is 2. The van der Waals surface area contributed by atoms with Gasteiger partial charge in [-0.25, -0.2) is 9.18 Å². The van der Waals surface area contributed by atoms with Gasteiger partial charge in [-0.15, -0.1) is 0 Å². The summed E-state index contributed by atoms with van der Waals surface area (Å²) in [7, 11) is 0. The Kier molecular flexibility index (Phi) is 4.16. The van der Waals surface area contributed by atoms with Gasteiger partial charge in [-0.05, 0) is 0 Å². The molecule has 1 fully saturated rings. The van der Waals surface area contributed by atoms with Crippen LogP contribution in [0.1, 0.15) is 6.23 Å². The highest BCUT2D eigenvalue weighted by molar-refractivity contribution is 7.71. The molecule has 124 valence electrons. The molecule has 22 heavy (non-hydrogen) atoms. The summed E-state index contributed by atoms with van der Waals surface area (Å²) in [5.74, 6) is -1.23. The van der Waals surface area contributed by atoms with Crippen LogP contribution in [0.3, 0.4) is 0 Å². The molecule has 1 aliphatic rings. The largest absolute Gasteiger partial charge is 0.424 e. The molecule has 0 radical (unpaired) electrons. The number of aliphatic hydroxyl groups is 3. The van der Waals surface area contributed by atoms with Gasteiger partial charge in [-0.1, -0.05) is 12.2 Å². The number of nitrogens with one attached hydrogen (secondary N) is 1. The molecule has 0 bridgehead atoms. The molecule has 0 aliphatic carbocycles. The standard InChI is InChI=1S/C10H10F4N2O5S/c11-3-1-16(8(19)15-6(3)22)7-9(20,10(12,13)14)5(18)4(2-17)21-7/h1,4-5,7,17-18,20H,2H2,(H,15,19,22)/t4-,5+,7-,9?/m1/s1. The lowest BCUT2D eigenvalue weighted by molar-refractivity contribution is -0.304. The van der Waals surface area contributed by atoms with Crippen molar-refractivity contribution in [2.75, 3.05) is 6.61 Å². The molecular weight excluding hydrogens is 336 g/mol. The van der Waals surface area contributed by atoms with Gasteiger partial charge in [-0.3, -0.25) is 9.55 Å². The molecule has 2 rings (SSSR count). The molecule has 1 aromatic rings. The molecule has 0 spiro atoms. The van der Waals surface area contributed by atoms with Crippen LogP contribution in [0.4, 0.5) is 17.6 Å². The normalized spacial score (nSPS) is 32.4. The molecule has 1 saturated heterocycles. The lowest BCUT2D eigenvalue weighted by Crippen LogP contribution is -2.58. The maximum absolute atomic E-state index is 13.4. The second-order valence-corrected chi connectivity index (χ2v) is 5.03. The third-order valence-corrected chi connectivity index (χ3v) is 3.59. The van der Waals surface area contributed by atoms with Crippen LogP contribution < -0.4 is 5.69 Å². The molecule has 1 aliphatic heterocycles.